The minimum atomic E-state index is -4.40. The van der Waals surface area contributed by atoms with Gasteiger partial charge < -0.3 is 19.8 Å². The van der Waals surface area contributed by atoms with Crippen molar-refractivity contribution in [3.05, 3.63) is 24.3 Å². The number of ether oxygens (including phenoxy) is 1. The minimum Gasteiger partial charge on any atom is -0.483 e. The highest BCUT2D eigenvalue weighted by atomic mass is 31.2. The molecule has 0 unspecified atom stereocenters. The second-order valence-corrected chi connectivity index (χ2v) is 6.07. The van der Waals surface area contributed by atoms with Crippen molar-refractivity contribution < 1.29 is 23.9 Å². The van der Waals surface area contributed by atoms with Crippen molar-refractivity contribution in [3.63, 3.8) is 0 Å². The van der Waals surface area contributed by atoms with Gasteiger partial charge in [-0.25, -0.2) is 0 Å². The number of rotatable bonds is 6. The van der Waals surface area contributed by atoms with E-state index in [1.807, 2.05) is 13.8 Å². The lowest BCUT2D eigenvalue weighted by molar-refractivity contribution is -0.123. The van der Waals surface area contributed by atoms with Gasteiger partial charge in [-0.1, -0.05) is 26.0 Å². The molecule has 0 aliphatic carbocycles. The molecule has 0 heterocycles. The summed E-state index contributed by atoms with van der Waals surface area (Å²) in [6.45, 7) is 4.18. The van der Waals surface area contributed by atoms with Gasteiger partial charge in [-0.05, 0) is 18.1 Å². The zero-order valence-corrected chi connectivity index (χ0v) is 11.8. The summed E-state index contributed by atoms with van der Waals surface area (Å²) in [6.07, 6.45) is 0. The lowest BCUT2D eigenvalue weighted by Crippen LogP contribution is -2.32. The molecule has 0 atom stereocenters. The van der Waals surface area contributed by atoms with Crippen LogP contribution in [0.5, 0.6) is 5.75 Å². The molecule has 0 aliphatic rings. The maximum absolute atomic E-state index is 11.5. The Labute approximate surface area is 111 Å². The van der Waals surface area contributed by atoms with E-state index in [2.05, 4.69) is 5.32 Å². The van der Waals surface area contributed by atoms with Gasteiger partial charge in [0.25, 0.3) is 5.91 Å². The second kappa shape index (κ2) is 6.70. The molecule has 19 heavy (non-hydrogen) atoms. The molecule has 0 radical (unpaired) electrons. The predicted octanol–water partition coefficient (Wildman–Crippen LogP) is 0.641. The third-order valence-corrected chi connectivity index (χ3v) is 3.24. The van der Waals surface area contributed by atoms with Crippen LogP contribution in [-0.4, -0.2) is 28.8 Å². The summed E-state index contributed by atoms with van der Waals surface area (Å²) in [5.41, 5.74) is 0. The van der Waals surface area contributed by atoms with E-state index in [4.69, 9.17) is 14.5 Å². The number of carbonyl (C=O) groups excluding carboxylic acids is 1. The number of hydrogen-bond donors (Lipinski definition) is 3. The molecule has 0 aromatic heterocycles. The lowest BCUT2D eigenvalue weighted by atomic mass is 10.2. The van der Waals surface area contributed by atoms with Gasteiger partial charge in [0.2, 0.25) is 0 Å². The van der Waals surface area contributed by atoms with E-state index < -0.39 is 7.60 Å². The van der Waals surface area contributed by atoms with E-state index in [9.17, 15) is 9.36 Å². The van der Waals surface area contributed by atoms with E-state index in [0.717, 1.165) is 0 Å². The molecule has 0 spiro atoms. The molecule has 0 saturated heterocycles. The summed E-state index contributed by atoms with van der Waals surface area (Å²) in [6, 6.07) is 5.78. The fourth-order valence-corrected chi connectivity index (χ4v) is 2.04. The van der Waals surface area contributed by atoms with E-state index in [1.165, 1.54) is 18.2 Å². The zero-order valence-electron chi connectivity index (χ0n) is 10.9. The SMILES string of the molecule is CC(C)CNC(=O)COc1ccccc1P(=O)(O)O. The summed E-state index contributed by atoms with van der Waals surface area (Å²) in [5.74, 6) is 0.0242. The number of nitrogens with one attached hydrogen (secondary N) is 1. The first-order chi connectivity index (χ1) is 8.80. The van der Waals surface area contributed by atoms with Crippen LogP contribution in [0.25, 0.3) is 0 Å². The molecule has 1 rings (SSSR count). The van der Waals surface area contributed by atoms with E-state index in [0.29, 0.717) is 12.5 Å². The average Bonchev–Trinajstić information content (AvgIpc) is 2.33. The topological polar surface area (TPSA) is 95.9 Å². The molecule has 0 bridgehead atoms. The van der Waals surface area contributed by atoms with E-state index in [-0.39, 0.29) is 23.6 Å². The van der Waals surface area contributed by atoms with Crippen molar-refractivity contribution in [2.75, 3.05) is 13.2 Å². The Balaban J connectivity index is 2.63. The summed E-state index contributed by atoms with van der Waals surface area (Å²) in [4.78, 5) is 29.7. The van der Waals surface area contributed by atoms with Crippen molar-refractivity contribution in [2.24, 2.45) is 5.92 Å². The Hall–Kier alpha value is -1.36. The summed E-state index contributed by atoms with van der Waals surface area (Å²) >= 11 is 0. The molecule has 0 saturated carbocycles. The van der Waals surface area contributed by atoms with E-state index in [1.54, 1.807) is 6.07 Å². The largest absolute Gasteiger partial charge is 0.483 e. The van der Waals surface area contributed by atoms with Gasteiger partial charge in [-0.3, -0.25) is 9.36 Å². The molecule has 1 aromatic carbocycles. The lowest BCUT2D eigenvalue weighted by Gasteiger charge is -2.12. The van der Waals surface area contributed by atoms with Crippen molar-refractivity contribution in [2.45, 2.75) is 13.8 Å². The number of para-hydroxylation sites is 1. The molecule has 0 aliphatic heterocycles. The number of benzene rings is 1. The third-order valence-electron chi connectivity index (χ3n) is 2.25. The van der Waals surface area contributed by atoms with Crippen LogP contribution in [0, 0.1) is 5.92 Å². The highest BCUT2D eigenvalue weighted by Gasteiger charge is 2.22. The van der Waals surface area contributed by atoms with Gasteiger partial charge in [-0.15, -0.1) is 0 Å². The molecule has 7 heteroatoms. The van der Waals surface area contributed by atoms with Crippen LogP contribution >= 0.6 is 7.60 Å². The first-order valence-corrected chi connectivity index (χ1v) is 7.46. The highest BCUT2D eigenvalue weighted by Crippen LogP contribution is 2.37. The summed E-state index contributed by atoms with van der Waals surface area (Å²) < 4.78 is 16.4. The molecule has 106 valence electrons. The highest BCUT2D eigenvalue weighted by molar-refractivity contribution is 7.60. The smallest absolute Gasteiger partial charge is 0.359 e. The first kappa shape index (κ1) is 15.7. The normalized spacial score (nSPS) is 11.4. The van der Waals surface area contributed by atoms with Crippen LogP contribution < -0.4 is 15.4 Å². The van der Waals surface area contributed by atoms with Gasteiger partial charge >= 0.3 is 7.60 Å². The number of hydrogen-bond acceptors (Lipinski definition) is 3. The van der Waals surface area contributed by atoms with Gasteiger partial charge in [0.15, 0.2) is 6.61 Å². The second-order valence-electron chi connectivity index (χ2n) is 4.50. The van der Waals surface area contributed by atoms with Crippen molar-refractivity contribution in [3.8, 4) is 5.75 Å². The van der Waals surface area contributed by atoms with Crippen LogP contribution in [0.3, 0.4) is 0 Å². The number of amides is 1. The Morgan fingerprint density at radius 2 is 2.00 bits per heavy atom. The molecule has 1 amide bonds. The van der Waals surface area contributed by atoms with Crippen LogP contribution in [0.1, 0.15) is 13.8 Å². The van der Waals surface area contributed by atoms with Crippen LogP contribution in [-0.2, 0) is 9.36 Å². The maximum Gasteiger partial charge on any atom is 0.359 e. The summed E-state index contributed by atoms with van der Waals surface area (Å²) in [7, 11) is -4.40. The fraction of sp³-hybridized carbons (Fsp3) is 0.417. The standard InChI is InChI=1S/C12H18NO5P/c1-9(2)7-13-12(14)8-18-10-5-3-4-6-11(10)19(15,16)17/h3-6,9H,7-8H2,1-2H3,(H,13,14)(H2,15,16,17). The molecule has 6 nitrogen and oxygen atoms in total. The maximum atomic E-state index is 11.5. The zero-order chi connectivity index (χ0) is 14.5. The molecular formula is C12H18NO5P. The van der Waals surface area contributed by atoms with E-state index >= 15 is 0 Å². The van der Waals surface area contributed by atoms with Crippen molar-refractivity contribution in [1.82, 2.24) is 5.32 Å². The molecule has 1 aromatic rings. The quantitative estimate of drug-likeness (QED) is 0.667. The van der Waals surface area contributed by atoms with Crippen LogP contribution in [0.15, 0.2) is 24.3 Å². The van der Waals surface area contributed by atoms with Crippen molar-refractivity contribution >= 4 is 18.8 Å². The van der Waals surface area contributed by atoms with Gasteiger partial charge in [0, 0.05) is 6.54 Å². The monoisotopic (exact) mass is 287 g/mol. The first-order valence-electron chi connectivity index (χ1n) is 5.85. The van der Waals surface area contributed by atoms with Crippen molar-refractivity contribution in [1.29, 1.82) is 0 Å². The number of carbonyl (C=O) groups is 1. The van der Waals surface area contributed by atoms with Gasteiger partial charge in [0.1, 0.15) is 11.1 Å². The molecular weight excluding hydrogens is 269 g/mol. The predicted molar refractivity (Wildman–Crippen MR) is 71.5 cm³/mol. The average molecular weight is 287 g/mol. The third kappa shape index (κ3) is 5.42. The molecule has 0 fully saturated rings. The van der Waals surface area contributed by atoms with Gasteiger partial charge in [0.05, 0.1) is 0 Å². The molecule has 3 N–H and O–H groups in total. The van der Waals surface area contributed by atoms with Crippen LogP contribution in [0.4, 0.5) is 0 Å². The Kier molecular flexibility index (Phi) is 5.54. The van der Waals surface area contributed by atoms with Gasteiger partial charge in [-0.2, -0.15) is 0 Å². The Morgan fingerprint density at radius 3 is 2.58 bits per heavy atom. The summed E-state index contributed by atoms with van der Waals surface area (Å²) in [5, 5.41) is 2.44. The fourth-order valence-electron chi connectivity index (χ4n) is 1.33. The van der Waals surface area contributed by atoms with Crippen LogP contribution in [0.2, 0.25) is 0 Å². The Bertz CT molecular complexity index is 483. The minimum absolute atomic E-state index is 0.0236. The Morgan fingerprint density at radius 1 is 1.37 bits per heavy atom.